The van der Waals surface area contributed by atoms with Crippen molar-refractivity contribution in [2.24, 2.45) is 0 Å². The highest BCUT2D eigenvalue weighted by Crippen LogP contribution is 2.18. The van der Waals surface area contributed by atoms with Crippen molar-refractivity contribution in [3.63, 3.8) is 0 Å². The minimum absolute atomic E-state index is 0.120. The molecule has 0 spiro atoms. The summed E-state index contributed by atoms with van der Waals surface area (Å²) >= 11 is 0. The number of likely N-dealkylation sites (N-methyl/N-ethyl adjacent to an activating group) is 1. The van der Waals surface area contributed by atoms with Gasteiger partial charge in [-0.05, 0) is 35.4 Å². The zero-order chi connectivity index (χ0) is 23.8. The first-order chi connectivity index (χ1) is 16.6. The largest absolute Gasteiger partial charge is 0.378 e. The molecule has 0 aromatic heterocycles. The van der Waals surface area contributed by atoms with Crippen LogP contribution in [0, 0.1) is 0 Å². The quantitative estimate of drug-likeness (QED) is 0.562. The number of carbonyl (C=O) groups is 2. The van der Waals surface area contributed by atoms with Gasteiger partial charge in [0.05, 0.1) is 13.2 Å². The minimum Gasteiger partial charge on any atom is -0.378 e. The predicted molar refractivity (Wildman–Crippen MR) is 134 cm³/mol. The van der Waals surface area contributed by atoms with Crippen LogP contribution < -0.4 is 10.2 Å². The highest BCUT2D eigenvalue weighted by molar-refractivity contribution is 5.97. The minimum atomic E-state index is -0.660. The molecule has 1 aliphatic heterocycles. The van der Waals surface area contributed by atoms with Crippen molar-refractivity contribution in [3.8, 4) is 0 Å². The molecule has 0 aliphatic carbocycles. The number of anilines is 1. The van der Waals surface area contributed by atoms with Gasteiger partial charge in [0.2, 0.25) is 5.91 Å². The smallest absolute Gasteiger partial charge is 0.251 e. The van der Waals surface area contributed by atoms with Crippen LogP contribution in [0.25, 0.3) is 0 Å². The molecule has 0 bridgehead atoms. The van der Waals surface area contributed by atoms with E-state index in [1.54, 1.807) is 24.1 Å². The molecule has 1 atom stereocenters. The maximum absolute atomic E-state index is 13.4. The zero-order valence-electron chi connectivity index (χ0n) is 19.5. The van der Waals surface area contributed by atoms with Crippen molar-refractivity contribution in [2.75, 3.05) is 38.3 Å². The fourth-order valence-corrected chi connectivity index (χ4v) is 4.13. The standard InChI is InChI=1S/C28H31N3O3/c1-30(21-23-12-14-25(15-13-23)31-16-18-34-19-17-31)28(33)26(20-22-8-4-2-5-9-22)29-27(32)24-10-6-3-7-11-24/h2-15,26H,16-21H2,1H3,(H,29,32). The molecule has 0 saturated carbocycles. The SMILES string of the molecule is CN(Cc1ccc(N2CCOCC2)cc1)C(=O)C(Cc1ccccc1)NC(=O)c1ccccc1. The third-order valence-electron chi connectivity index (χ3n) is 6.03. The molecule has 1 heterocycles. The van der Waals surface area contributed by atoms with Crippen LogP contribution in [0.15, 0.2) is 84.9 Å². The Labute approximate surface area is 201 Å². The van der Waals surface area contributed by atoms with Crippen LogP contribution >= 0.6 is 0 Å². The van der Waals surface area contributed by atoms with Gasteiger partial charge >= 0.3 is 0 Å². The summed E-state index contributed by atoms with van der Waals surface area (Å²) in [5.74, 6) is -0.372. The first-order valence-corrected chi connectivity index (χ1v) is 11.7. The van der Waals surface area contributed by atoms with Gasteiger partial charge in [-0.3, -0.25) is 9.59 Å². The predicted octanol–water partition coefficient (Wildman–Crippen LogP) is 3.52. The average molecular weight is 458 g/mol. The Morgan fingerprint density at radius 2 is 1.50 bits per heavy atom. The van der Waals surface area contributed by atoms with Crippen LogP contribution in [0.4, 0.5) is 5.69 Å². The summed E-state index contributed by atoms with van der Waals surface area (Å²) in [4.78, 5) is 30.2. The Balaban J connectivity index is 1.44. The van der Waals surface area contributed by atoms with Crippen LogP contribution in [0.3, 0.4) is 0 Å². The highest BCUT2D eigenvalue weighted by atomic mass is 16.5. The number of rotatable bonds is 8. The van der Waals surface area contributed by atoms with E-state index >= 15 is 0 Å². The number of nitrogens with one attached hydrogen (secondary N) is 1. The summed E-state index contributed by atoms with van der Waals surface area (Å²) in [7, 11) is 1.78. The Kier molecular flexibility index (Phi) is 7.94. The molecule has 2 amide bonds. The number of amides is 2. The van der Waals surface area contributed by atoms with Crippen molar-refractivity contribution < 1.29 is 14.3 Å². The third-order valence-corrected chi connectivity index (χ3v) is 6.03. The monoisotopic (exact) mass is 457 g/mol. The zero-order valence-corrected chi connectivity index (χ0v) is 19.5. The second-order valence-corrected chi connectivity index (χ2v) is 8.54. The van der Waals surface area contributed by atoms with Gasteiger partial charge in [-0.2, -0.15) is 0 Å². The summed E-state index contributed by atoms with van der Waals surface area (Å²) in [6.45, 7) is 3.74. The number of hydrogen-bond donors (Lipinski definition) is 1. The molecule has 0 radical (unpaired) electrons. The molecule has 3 aromatic carbocycles. The lowest BCUT2D eigenvalue weighted by molar-refractivity contribution is -0.132. The molecular formula is C28H31N3O3. The van der Waals surface area contributed by atoms with Crippen LogP contribution in [0.2, 0.25) is 0 Å². The summed E-state index contributed by atoms with van der Waals surface area (Å²) in [5, 5.41) is 2.95. The van der Waals surface area contributed by atoms with Gasteiger partial charge in [0.15, 0.2) is 0 Å². The second-order valence-electron chi connectivity index (χ2n) is 8.54. The van der Waals surface area contributed by atoms with Crippen molar-refractivity contribution in [3.05, 3.63) is 102 Å². The molecule has 1 fully saturated rings. The molecule has 1 aliphatic rings. The van der Waals surface area contributed by atoms with E-state index in [0.29, 0.717) is 18.5 Å². The maximum atomic E-state index is 13.4. The number of hydrogen-bond acceptors (Lipinski definition) is 4. The average Bonchev–Trinajstić information content (AvgIpc) is 2.90. The number of nitrogens with zero attached hydrogens (tertiary/aromatic N) is 2. The summed E-state index contributed by atoms with van der Waals surface area (Å²) in [6.07, 6.45) is 0.429. The van der Waals surface area contributed by atoms with E-state index in [4.69, 9.17) is 4.74 Å². The molecule has 176 valence electrons. The summed E-state index contributed by atoms with van der Waals surface area (Å²) < 4.78 is 5.43. The van der Waals surface area contributed by atoms with Gasteiger partial charge in [0.1, 0.15) is 6.04 Å². The Hall–Kier alpha value is -3.64. The van der Waals surface area contributed by atoms with Crippen LogP contribution in [-0.4, -0.2) is 56.1 Å². The number of morpholine rings is 1. The Morgan fingerprint density at radius 1 is 0.882 bits per heavy atom. The first-order valence-electron chi connectivity index (χ1n) is 11.7. The molecule has 6 nitrogen and oxygen atoms in total. The van der Waals surface area contributed by atoms with E-state index in [1.807, 2.05) is 48.5 Å². The third kappa shape index (κ3) is 6.23. The lowest BCUT2D eigenvalue weighted by Gasteiger charge is -2.29. The normalized spacial score (nSPS) is 14.3. The van der Waals surface area contributed by atoms with E-state index < -0.39 is 6.04 Å². The van der Waals surface area contributed by atoms with Crippen molar-refractivity contribution >= 4 is 17.5 Å². The molecule has 1 saturated heterocycles. The Morgan fingerprint density at radius 3 is 2.15 bits per heavy atom. The molecule has 6 heteroatoms. The van der Waals surface area contributed by atoms with Gasteiger partial charge < -0.3 is 19.9 Å². The van der Waals surface area contributed by atoms with E-state index in [-0.39, 0.29) is 11.8 Å². The number of carbonyl (C=O) groups excluding carboxylic acids is 2. The summed E-state index contributed by atoms with van der Waals surface area (Å²) in [6, 6.07) is 26.4. The number of ether oxygens (including phenoxy) is 1. The molecule has 3 aromatic rings. The fraction of sp³-hybridized carbons (Fsp3) is 0.286. The van der Waals surface area contributed by atoms with Crippen molar-refractivity contribution in [1.82, 2.24) is 10.2 Å². The highest BCUT2D eigenvalue weighted by Gasteiger charge is 2.25. The molecular weight excluding hydrogens is 426 g/mol. The van der Waals surface area contributed by atoms with Crippen LogP contribution in [-0.2, 0) is 22.5 Å². The van der Waals surface area contributed by atoms with Crippen LogP contribution in [0.5, 0.6) is 0 Å². The van der Waals surface area contributed by atoms with Gasteiger partial charge in [-0.1, -0.05) is 60.7 Å². The van der Waals surface area contributed by atoms with Gasteiger partial charge in [-0.15, -0.1) is 0 Å². The molecule has 4 rings (SSSR count). The molecule has 1 unspecified atom stereocenters. The van der Waals surface area contributed by atoms with Gasteiger partial charge in [0.25, 0.3) is 5.91 Å². The van der Waals surface area contributed by atoms with Crippen molar-refractivity contribution in [2.45, 2.75) is 19.0 Å². The van der Waals surface area contributed by atoms with E-state index in [1.165, 1.54) is 0 Å². The van der Waals surface area contributed by atoms with Gasteiger partial charge in [-0.25, -0.2) is 0 Å². The fourth-order valence-electron chi connectivity index (χ4n) is 4.13. The van der Waals surface area contributed by atoms with Crippen molar-refractivity contribution in [1.29, 1.82) is 0 Å². The van der Waals surface area contributed by atoms with E-state index in [2.05, 4.69) is 34.5 Å². The van der Waals surface area contributed by atoms with Gasteiger partial charge in [0, 0.05) is 44.4 Å². The lowest BCUT2D eigenvalue weighted by Crippen LogP contribution is -2.48. The Bertz CT molecular complexity index is 1070. The maximum Gasteiger partial charge on any atom is 0.251 e. The first kappa shape index (κ1) is 23.5. The second kappa shape index (κ2) is 11.5. The van der Waals surface area contributed by atoms with E-state index in [0.717, 1.165) is 43.1 Å². The number of benzene rings is 3. The molecule has 34 heavy (non-hydrogen) atoms. The van der Waals surface area contributed by atoms with E-state index in [9.17, 15) is 9.59 Å². The molecule has 1 N–H and O–H groups in total. The summed E-state index contributed by atoms with van der Waals surface area (Å²) in [5.41, 5.74) is 3.74. The lowest BCUT2D eigenvalue weighted by atomic mass is 10.0. The topological polar surface area (TPSA) is 61.9 Å². The van der Waals surface area contributed by atoms with Crippen LogP contribution in [0.1, 0.15) is 21.5 Å².